The second kappa shape index (κ2) is 5.25. The predicted molar refractivity (Wildman–Crippen MR) is 84.3 cm³/mol. The second-order valence-corrected chi connectivity index (χ2v) is 6.39. The molecule has 102 valence electrons. The van der Waals surface area contributed by atoms with Crippen molar-refractivity contribution in [3.05, 3.63) is 34.2 Å². The molecule has 0 amide bonds. The Balaban J connectivity index is 2.68. The van der Waals surface area contributed by atoms with Crippen molar-refractivity contribution in [1.82, 2.24) is 0 Å². The molecule has 0 radical (unpaired) electrons. The van der Waals surface area contributed by atoms with E-state index in [-0.39, 0.29) is 0 Å². The third-order valence-corrected chi connectivity index (χ3v) is 4.61. The molecule has 0 bridgehead atoms. The number of rotatable bonds is 3. The second-order valence-electron chi connectivity index (χ2n) is 5.14. The summed E-state index contributed by atoms with van der Waals surface area (Å²) in [6.45, 7) is 8.62. The fourth-order valence-corrected chi connectivity index (χ4v) is 3.22. The van der Waals surface area contributed by atoms with Crippen molar-refractivity contribution in [3.8, 4) is 16.9 Å². The monoisotopic (exact) mass is 275 g/mol. The summed E-state index contributed by atoms with van der Waals surface area (Å²) >= 11 is 1.65. The molecule has 0 atom stereocenters. The van der Waals surface area contributed by atoms with Crippen LogP contribution in [0, 0.1) is 13.8 Å². The molecule has 1 aromatic carbocycles. The molecule has 2 nitrogen and oxygen atoms in total. The van der Waals surface area contributed by atoms with Crippen LogP contribution in [0.15, 0.2) is 18.2 Å². The standard InChI is InChI=1S/C16H21NOS/c1-9(2)12-6-7-14(18-5)13(8-12)15-10(3)11(4)19-16(15)17/h6-9H,17H2,1-5H3. The summed E-state index contributed by atoms with van der Waals surface area (Å²) in [7, 11) is 1.71. The summed E-state index contributed by atoms with van der Waals surface area (Å²) < 4.78 is 5.50. The van der Waals surface area contributed by atoms with Gasteiger partial charge >= 0.3 is 0 Å². The predicted octanol–water partition coefficient (Wildman–Crippen LogP) is 4.75. The highest BCUT2D eigenvalue weighted by Gasteiger charge is 2.17. The van der Waals surface area contributed by atoms with Gasteiger partial charge in [0.1, 0.15) is 5.75 Å². The molecule has 0 spiro atoms. The first kappa shape index (κ1) is 13.9. The lowest BCUT2D eigenvalue weighted by Gasteiger charge is -2.13. The zero-order valence-electron chi connectivity index (χ0n) is 12.2. The van der Waals surface area contributed by atoms with Gasteiger partial charge < -0.3 is 10.5 Å². The van der Waals surface area contributed by atoms with Crippen molar-refractivity contribution in [1.29, 1.82) is 0 Å². The molecular weight excluding hydrogens is 254 g/mol. The van der Waals surface area contributed by atoms with Gasteiger partial charge in [-0.05, 0) is 43.0 Å². The zero-order chi connectivity index (χ0) is 14.2. The smallest absolute Gasteiger partial charge is 0.126 e. The van der Waals surface area contributed by atoms with E-state index < -0.39 is 0 Å². The highest BCUT2D eigenvalue weighted by molar-refractivity contribution is 7.16. The maximum absolute atomic E-state index is 6.19. The number of ether oxygens (including phenoxy) is 1. The van der Waals surface area contributed by atoms with Crippen LogP contribution in [0.3, 0.4) is 0 Å². The molecule has 0 aliphatic rings. The fraction of sp³-hybridized carbons (Fsp3) is 0.375. The molecule has 1 heterocycles. The number of anilines is 1. The van der Waals surface area contributed by atoms with Gasteiger partial charge in [0, 0.05) is 16.0 Å². The van der Waals surface area contributed by atoms with E-state index in [0.29, 0.717) is 5.92 Å². The van der Waals surface area contributed by atoms with Crippen LogP contribution >= 0.6 is 11.3 Å². The Labute approximate surface area is 119 Å². The van der Waals surface area contributed by atoms with Crippen LogP contribution in [0.5, 0.6) is 5.75 Å². The van der Waals surface area contributed by atoms with Gasteiger partial charge in [0.25, 0.3) is 0 Å². The van der Waals surface area contributed by atoms with Gasteiger partial charge in [0.2, 0.25) is 0 Å². The topological polar surface area (TPSA) is 35.2 Å². The van der Waals surface area contributed by atoms with Gasteiger partial charge in [0.05, 0.1) is 12.1 Å². The number of hydrogen-bond donors (Lipinski definition) is 1. The van der Waals surface area contributed by atoms with E-state index in [1.165, 1.54) is 16.0 Å². The van der Waals surface area contributed by atoms with E-state index in [4.69, 9.17) is 10.5 Å². The van der Waals surface area contributed by atoms with E-state index in [1.807, 2.05) is 6.07 Å². The molecule has 0 saturated heterocycles. The van der Waals surface area contributed by atoms with Gasteiger partial charge in [-0.25, -0.2) is 0 Å². The third kappa shape index (κ3) is 2.47. The number of aryl methyl sites for hydroxylation is 1. The third-order valence-electron chi connectivity index (χ3n) is 3.57. The minimum Gasteiger partial charge on any atom is -0.496 e. The van der Waals surface area contributed by atoms with Gasteiger partial charge in [0.15, 0.2) is 0 Å². The van der Waals surface area contributed by atoms with Crippen LogP contribution in [0.2, 0.25) is 0 Å². The molecule has 2 aromatic rings. The normalized spacial score (nSPS) is 11.1. The van der Waals surface area contributed by atoms with Crippen molar-refractivity contribution in [2.75, 3.05) is 12.8 Å². The van der Waals surface area contributed by atoms with E-state index in [9.17, 15) is 0 Å². The van der Waals surface area contributed by atoms with Crippen molar-refractivity contribution in [2.24, 2.45) is 0 Å². The minimum atomic E-state index is 0.492. The summed E-state index contributed by atoms with van der Waals surface area (Å²) in [6.07, 6.45) is 0. The maximum Gasteiger partial charge on any atom is 0.126 e. The van der Waals surface area contributed by atoms with Gasteiger partial charge in [-0.15, -0.1) is 11.3 Å². The Morgan fingerprint density at radius 3 is 2.37 bits per heavy atom. The summed E-state index contributed by atoms with van der Waals surface area (Å²) in [5, 5.41) is 0.870. The van der Waals surface area contributed by atoms with Crippen LogP contribution in [0.4, 0.5) is 5.00 Å². The van der Waals surface area contributed by atoms with Crippen LogP contribution in [0.25, 0.3) is 11.1 Å². The van der Waals surface area contributed by atoms with Gasteiger partial charge in [-0.3, -0.25) is 0 Å². The van der Waals surface area contributed by atoms with Crippen LogP contribution in [-0.4, -0.2) is 7.11 Å². The molecule has 2 N–H and O–H groups in total. The first-order chi connectivity index (χ1) is 8.95. The lowest BCUT2D eigenvalue weighted by molar-refractivity contribution is 0.416. The van der Waals surface area contributed by atoms with Crippen molar-refractivity contribution >= 4 is 16.3 Å². The number of thiophene rings is 1. The summed E-state index contributed by atoms with van der Waals surface area (Å²) in [5.74, 6) is 1.38. The molecule has 0 saturated carbocycles. The molecule has 0 aliphatic heterocycles. The number of methoxy groups -OCH3 is 1. The minimum absolute atomic E-state index is 0.492. The first-order valence-corrected chi connectivity index (χ1v) is 7.31. The maximum atomic E-state index is 6.19. The number of hydrogen-bond acceptors (Lipinski definition) is 3. The van der Waals surface area contributed by atoms with Crippen LogP contribution in [0.1, 0.15) is 35.8 Å². The first-order valence-electron chi connectivity index (χ1n) is 6.49. The number of nitrogens with two attached hydrogens (primary N) is 1. The lowest BCUT2D eigenvalue weighted by atomic mass is 9.95. The average Bonchev–Trinajstić information content (AvgIpc) is 2.62. The highest BCUT2D eigenvalue weighted by Crippen LogP contribution is 2.43. The summed E-state index contributed by atoms with van der Waals surface area (Å²) in [6, 6.07) is 6.36. The van der Waals surface area contributed by atoms with E-state index >= 15 is 0 Å². The Morgan fingerprint density at radius 2 is 1.89 bits per heavy atom. The quantitative estimate of drug-likeness (QED) is 0.877. The van der Waals surface area contributed by atoms with Crippen molar-refractivity contribution in [3.63, 3.8) is 0 Å². The van der Waals surface area contributed by atoms with E-state index in [2.05, 4.69) is 39.8 Å². The molecule has 3 heteroatoms. The summed E-state index contributed by atoms with van der Waals surface area (Å²) in [4.78, 5) is 1.27. The largest absolute Gasteiger partial charge is 0.496 e. The van der Waals surface area contributed by atoms with Crippen LogP contribution in [-0.2, 0) is 0 Å². The molecule has 1 aromatic heterocycles. The van der Waals surface area contributed by atoms with Crippen molar-refractivity contribution < 1.29 is 4.74 Å². The van der Waals surface area contributed by atoms with Crippen LogP contribution < -0.4 is 10.5 Å². The van der Waals surface area contributed by atoms with Gasteiger partial charge in [-0.2, -0.15) is 0 Å². The molecule has 2 rings (SSSR count). The zero-order valence-corrected chi connectivity index (χ0v) is 13.0. The molecular formula is C16H21NOS. The molecule has 0 fully saturated rings. The summed E-state index contributed by atoms with van der Waals surface area (Å²) in [5.41, 5.74) is 11.0. The Bertz CT molecular complexity index is 599. The Morgan fingerprint density at radius 1 is 1.21 bits per heavy atom. The Kier molecular flexibility index (Phi) is 3.85. The lowest BCUT2D eigenvalue weighted by Crippen LogP contribution is -1.95. The van der Waals surface area contributed by atoms with E-state index in [0.717, 1.165) is 21.9 Å². The molecule has 0 unspecified atom stereocenters. The van der Waals surface area contributed by atoms with Gasteiger partial charge in [-0.1, -0.05) is 19.9 Å². The number of nitrogen functional groups attached to an aromatic ring is 1. The highest BCUT2D eigenvalue weighted by atomic mass is 32.1. The number of benzene rings is 1. The molecule has 0 aliphatic carbocycles. The Hall–Kier alpha value is -1.48. The van der Waals surface area contributed by atoms with Crippen molar-refractivity contribution in [2.45, 2.75) is 33.6 Å². The average molecular weight is 275 g/mol. The molecule has 19 heavy (non-hydrogen) atoms. The van der Waals surface area contributed by atoms with E-state index in [1.54, 1.807) is 18.4 Å². The SMILES string of the molecule is COc1ccc(C(C)C)cc1-c1c(N)sc(C)c1C. The fourth-order valence-electron chi connectivity index (χ4n) is 2.27.